The Bertz CT molecular complexity index is 450. The summed E-state index contributed by atoms with van der Waals surface area (Å²) < 4.78 is 0. The summed E-state index contributed by atoms with van der Waals surface area (Å²) in [6.45, 7) is 5.78. The molecule has 0 saturated carbocycles. The number of nitrogens with two attached hydrogens (primary N) is 1. The van der Waals surface area contributed by atoms with Crippen LogP contribution in [0.2, 0.25) is 0 Å². The Morgan fingerprint density at radius 1 is 1.14 bits per heavy atom. The molecule has 1 aromatic carbocycles. The highest BCUT2D eigenvalue weighted by Crippen LogP contribution is 2.11. The molecule has 1 aliphatic heterocycles. The van der Waals surface area contributed by atoms with Crippen molar-refractivity contribution in [1.29, 1.82) is 0 Å². The summed E-state index contributed by atoms with van der Waals surface area (Å²) in [7, 11) is 4.20. The molecular formula is C16H26N4O. The zero-order valence-electron chi connectivity index (χ0n) is 13.1. The van der Waals surface area contributed by atoms with E-state index in [1.54, 1.807) is 24.3 Å². The van der Waals surface area contributed by atoms with E-state index in [1.165, 1.54) is 6.42 Å². The van der Waals surface area contributed by atoms with Crippen molar-refractivity contribution in [3.63, 3.8) is 0 Å². The first kappa shape index (κ1) is 15.8. The summed E-state index contributed by atoms with van der Waals surface area (Å²) in [5.74, 6) is 0.114. The van der Waals surface area contributed by atoms with Crippen LogP contribution in [0.1, 0.15) is 16.8 Å². The number of benzene rings is 1. The SMILES string of the molecule is CN(C)CCCN1CCN(C(=O)c2ccc(N)cc2)CC1. The van der Waals surface area contributed by atoms with Crippen molar-refractivity contribution in [2.75, 3.05) is 59.1 Å². The maximum absolute atomic E-state index is 12.4. The van der Waals surface area contributed by atoms with E-state index in [2.05, 4.69) is 23.9 Å². The summed E-state index contributed by atoms with van der Waals surface area (Å²) >= 11 is 0. The second-order valence-electron chi connectivity index (χ2n) is 5.91. The topological polar surface area (TPSA) is 52.8 Å². The number of nitrogen functional groups attached to an aromatic ring is 1. The zero-order valence-corrected chi connectivity index (χ0v) is 13.1. The molecule has 1 heterocycles. The summed E-state index contributed by atoms with van der Waals surface area (Å²) in [6, 6.07) is 7.18. The van der Waals surface area contributed by atoms with Crippen LogP contribution in [0.15, 0.2) is 24.3 Å². The molecule has 1 amide bonds. The first-order chi connectivity index (χ1) is 10.1. The van der Waals surface area contributed by atoms with Gasteiger partial charge < -0.3 is 15.5 Å². The molecule has 0 bridgehead atoms. The number of amides is 1. The van der Waals surface area contributed by atoms with Gasteiger partial charge in [0.1, 0.15) is 0 Å². The number of piperazine rings is 1. The summed E-state index contributed by atoms with van der Waals surface area (Å²) in [5.41, 5.74) is 7.08. The quantitative estimate of drug-likeness (QED) is 0.821. The van der Waals surface area contributed by atoms with Crippen LogP contribution in [-0.2, 0) is 0 Å². The second-order valence-corrected chi connectivity index (χ2v) is 5.91. The molecule has 1 saturated heterocycles. The molecule has 5 nitrogen and oxygen atoms in total. The first-order valence-electron chi connectivity index (χ1n) is 7.58. The molecule has 1 aliphatic rings. The summed E-state index contributed by atoms with van der Waals surface area (Å²) in [4.78, 5) is 19.0. The molecule has 1 aromatic rings. The number of hydrogen-bond donors (Lipinski definition) is 1. The molecule has 5 heteroatoms. The predicted molar refractivity (Wildman–Crippen MR) is 86.4 cm³/mol. The largest absolute Gasteiger partial charge is 0.399 e. The fraction of sp³-hybridized carbons (Fsp3) is 0.562. The van der Waals surface area contributed by atoms with Crippen molar-refractivity contribution in [1.82, 2.24) is 14.7 Å². The Kier molecular flexibility index (Phi) is 5.59. The van der Waals surface area contributed by atoms with E-state index in [1.807, 2.05) is 4.90 Å². The van der Waals surface area contributed by atoms with Gasteiger partial charge in [0, 0.05) is 37.4 Å². The highest BCUT2D eigenvalue weighted by atomic mass is 16.2. The molecule has 2 rings (SSSR count). The Morgan fingerprint density at radius 2 is 1.76 bits per heavy atom. The van der Waals surface area contributed by atoms with E-state index in [4.69, 9.17) is 5.73 Å². The molecule has 1 fully saturated rings. The van der Waals surface area contributed by atoms with Gasteiger partial charge in [0.05, 0.1) is 0 Å². The van der Waals surface area contributed by atoms with Crippen LogP contribution in [0.3, 0.4) is 0 Å². The highest BCUT2D eigenvalue weighted by Gasteiger charge is 2.21. The highest BCUT2D eigenvalue weighted by molar-refractivity contribution is 5.94. The number of hydrogen-bond acceptors (Lipinski definition) is 4. The van der Waals surface area contributed by atoms with Gasteiger partial charge in [0.15, 0.2) is 0 Å². The smallest absolute Gasteiger partial charge is 0.253 e. The fourth-order valence-electron chi connectivity index (χ4n) is 2.59. The third-order valence-corrected chi connectivity index (χ3v) is 3.90. The van der Waals surface area contributed by atoms with E-state index in [0.717, 1.165) is 44.8 Å². The molecule has 0 atom stereocenters. The zero-order chi connectivity index (χ0) is 15.2. The average Bonchev–Trinajstić information content (AvgIpc) is 2.48. The lowest BCUT2D eigenvalue weighted by Crippen LogP contribution is -2.49. The van der Waals surface area contributed by atoms with Gasteiger partial charge >= 0.3 is 0 Å². The van der Waals surface area contributed by atoms with E-state index >= 15 is 0 Å². The van der Waals surface area contributed by atoms with Crippen LogP contribution in [-0.4, -0.2) is 74.0 Å². The van der Waals surface area contributed by atoms with Crippen LogP contribution in [0.25, 0.3) is 0 Å². The van der Waals surface area contributed by atoms with Crippen molar-refractivity contribution in [3.05, 3.63) is 29.8 Å². The van der Waals surface area contributed by atoms with Gasteiger partial charge in [-0.2, -0.15) is 0 Å². The molecule has 21 heavy (non-hydrogen) atoms. The standard InChI is InChI=1S/C16H26N4O/c1-18(2)8-3-9-19-10-12-20(13-11-19)16(21)14-4-6-15(17)7-5-14/h4-7H,3,8-13,17H2,1-2H3. The van der Waals surface area contributed by atoms with E-state index in [0.29, 0.717) is 5.69 Å². The number of carbonyl (C=O) groups is 1. The van der Waals surface area contributed by atoms with E-state index in [-0.39, 0.29) is 5.91 Å². The predicted octanol–water partition coefficient (Wildman–Crippen LogP) is 0.978. The lowest BCUT2D eigenvalue weighted by atomic mass is 10.1. The first-order valence-corrected chi connectivity index (χ1v) is 7.58. The molecule has 0 spiro atoms. The van der Waals surface area contributed by atoms with Gasteiger partial charge in [-0.3, -0.25) is 9.69 Å². The van der Waals surface area contributed by atoms with Crippen molar-refractivity contribution in [3.8, 4) is 0 Å². The molecule has 0 radical (unpaired) electrons. The number of anilines is 1. The molecule has 0 aliphatic carbocycles. The van der Waals surface area contributed by atoms with Crippen LogP contribution < -0.4 is 5.73 Å². The average molecular weight is 290 g/mol. The number of carbonyl (C=O) groups excluding carboxylic acids is 1. The van der Waals surface area contributed by atoms with Crippen LogP contribution in [0.4, 0.5) is 5.69 Å². The molecule has 2 N–H and O–H groups in total. The van der Waals surface area contributed by atoms with Crippen LogP contribution >= 0.6 is 0 Å². The van der Waals surface area contributed by atoms with Gasteiger partial charge in [-0.1, -0.05) is 0 Å². The Labute approximate surface area is 127 Å². The Hall–Kier alpha value is -1.59. The molecule has 0 unspecified atom stereocenters. The third-order valence-electron chi connectivity index (χ3n) is 3.90. The monoisotopic (exact) mass is 290 g/mol. The molecule has 116 valence electrons. The molecule has 0 aromatic heterocycles. The van der Waals surface area contributed by atoms with Gasteiger partial charge in [0.2, 0.25) is 0 Å². The van der Waals surface area contributed by atoms with E-state index < -0.39 is 0 Å². The Morgan fingerprint density at radius 3 is 2.33 bits per heavy atom. The second kappa shape index (κ2) is 7.43. The van der Waals surface area contributed by atoms with Crippen molar-refractivity contribution in [2.45, 2.75) is 6.42 Å². The fourth-order valence-corrected chi connectivity index (χ4v) is 2.59. The summed E-state index contributed by atoms with van der Waals surface area (Å²) in [6.07, 6.45) is 1.18. The lowest BCUT2D eigenvalue weighted by Gasteiger charge is -2.35. The lowest BCUT2D eigenvalue weighted by molar-refractivity contribution is 0.0634. The minimum Gasteiger partial charge on any atom is -0.399 e. The normalized spacial score (nSPS) is 16.4. The van der Waals surface area contributed by atoms with Crippen LogP contribution in [0, 0.1) is 0 Å². The minimum atomic E-state index is 0.114. The van der Waals surface area contributed by atoms with Gasteiger partial charge in [0.25, 0.3) is 5.91 Å². The minimum absolute atomic E-state index is 0.114. The number of nitrogens with zero attached hydrogens (tertiary/aromatic N) is 3. The van der Waals surface area contributed by atoms with Gasteiger partial charge in [-0.05, 0) is 57.9 Å². The Balaban J connectivity index is 1.78. The third kappa shape index (κ3) is 4.72. The number of rotatable bonds is 5. The summed E-state index contributed by atoms with van der Waals surface area (Å²) in [5, 5.41) is 0. The molecular weight excluding hydrogens is 264 g/mol. The maximum atomic E-state index is 12.4. The van der Waals surface area contributed by atoms with Gasteiger partial charge in [-0.15, -0.1) is 0 Å². The van der Waals surface area contributed by atoms with Gasteiger partial charge in [-0.25, -0.2) is 0 Å². The maximum Gasteiger partial charge on any atom is 0.253 e. The van der Waals surface area contributed by atoms with Crippen molar-refractivity contribution in [2.24, 2.45) is 0 Å². The van der Waals surface area contributed by atoms with Crippen molar-refractivity contribution >= 4 is 11.6 Å². The van der Waals surface area contributed by atoms with Crippen molar-refractivity contribution < 1.29 is 4.79 Å². The van der Waals surface area contributed by atoms with E-state index in [9.17, 15) is 4.79 Å². The van der Waals surface area contributed by atoms with Crippen LogP contribution in [0.5, 0.6) is 0 Å².